The Morgan fingerprint density at radius 1 is 1.60 bits per heavy atom. The lowest BCUT2D eigenvalue weighted by atomic mass is 10.0. The van der Waals surface area contributed by atoms with Crippen molar-refractivity contribution in [2.24, 2.45) is 0 Å². The van der Waals surface area contributed by atoms with Crippen LogP contribution in [0.25, 0.3) is 0 Å². The smallest absolute Gasteiger partial charge is 0.174 e. The van der Waals surface area contributed by atoms with Crippen LogP contribution in [0.2, 0.25) is 0 Å². The fourth-order valence-electron chi connectivity index (χ4n) is 1.10. The van der Waals surface area contributed by atoms with E-state index < -0.39 is 11.6 Å². The third-order valence-corrected chi connectivity index (χ3v) is 2.29. The number of rotatable bonds is 3. The summed E-state index contributed by atoms with van der Waals surface area (Å²) in [6, 6.07) is 3.73. The zero-order valence-electron chi connectivity index (χ0n) is 7.46. The second-order valence-electron chi connectivity index (χ2n) is 2.71. The topological polar surface area (TPSA) is 57.9 Å². The molecular formula is C10H5BrFNO2. The maximum Gasteiger partial charge on any atom is 0.174 e. The second-order valence-corrected chi connectivity index (χ2v) is 3.27. The number of carbonyl (C=O) groups excluding carboxylic acids is 2. The monoisotopic (exact) mass is 269 g/mol. The molecule has 0 saturated carbocycles. The van der Waals surface area contributed by atoms with Crippen molar-refractivity contribution in [3.8, 4) is 6.07 Å². The van der Waals surface area contributed by atoms with E-state index >= 15 is 0 Å². The van der Waals surface area contributed by atoms with Crippen LogP contribution in [0, 0.1) is 17.1 Å². The number of aldehydes is 1. The Morgan fingerprint density at radius 3 is 2.73 bits per heavy atom. The van der Waals surface area contributed by atoms with Gasteiger partial charge in [0.25, 0.3) is 0 Å². The normalized spacial score (nSPS) is 9.40. The minimum atomic E-state index is -0.855. The van der Waals surface area contributed by atoms with Crippen LogP contribution in [0.4, 0.5) is 4.39 Å². The Bertz CT molecular complexity index is 465. The molecule has 0 radical (unpaired) electrons. The highest BCUT2D eigenvalue weighted by atomic mass is 79.9. The molecule has 0 aliphatic rings. The molecular weight excluding hydrogens is 265 g/mol. The lowest BCUT2D eigenvalue weighted by molar-refractivity contribution is 0.102. The molecule has 1 aromatic rings. The summed E-state index contributed by atoms with van der Waals surface area (Å²) in [4.78, 5) is 21.8. The van der Waals surface area contributed by atoms with Crippen molar-refractivity contribution in [3.63, 3.8) is 0 Å². The molecule has 15 heavy (non-hydrogen) atoms. The highest BCUT2D eigenvalue weighted by Crippen LogP contribution is 2.16. The van der Waals surface area contributed by atoms with Gasteiger partial charge in [0.05, 0.1) is 10.9 Å². The Hall–Kier alpha value is -1.54. The molecule has 0 aliphatic carbocycles. The van der Waals surface area contributed by atoms with Crippen molar-refractivity contribution in [2.45, 2.75) is 0 Å². The second kappa shape index (κ2) is 4.80. The van der Waals surface area contributed by atoms with E-state index in [4.69, 9.17) is 5.26 Å². The predicted molar refractivity (Wildman–Crippen MR) is 54.6 cm³/mol. The number of halogens is 2. The lowest BCUT2D eigenvalue weighted by Crippen LogP contribution is -2.06. The number of nitrogens with zero attached hydrogens (tertiary/aromatic N) is 1. The highest BCUT2D eigenvalue weighted by Gasteiger charge is 2.15. The Labute approximate surface area is 93.6 Å². The number of alkyl halides is 1. The van der Waals surface area contributed by atoms with Gasteiger partial charge in [-0.05, 0) is 12.1 Å². The molecule has 1 rings (SSSR count). The largest absolute Gasteiger partial charge is 0.298 e. The number of ketones is 1. The molecule has 0 N–H and O–H groups in total. The first-order chi connectivity index (χ1) is 7.13. The first-order valence-corrected chi connectivity index (χ1v) is 5.04. The summed E-state index contributed by atoms with van der Waals surface area (Å²) >= 11 is 2.92. The van der Waals surface area contributed by atoms with Crippen LogP contribution < -0.4 is 0 Å². The minimum absolute atomic E-state index is 0.0244. The first kappa shape index (κ1) is 11.5. The van der Waals surface area contributed by atoms with Gasteiger partial charge in [-0.1, -0.05) is 15.9 Å². The fourth-order valence-corrected chi connectivity index (χ4v) is 1.40. The van der Waals surface area contributed by atoms with Gasteiger partial charge >= 0.3 is 0 Å². The van der Waals surface area contributed by atoms with Crippen LogP contribution in [0.3, 0.4) is 0 Å². The van der Waals surface area contributed by atoms with Crippen molar-refractivity contribution in [1.29, 1.82) is 5.26 Å². The average molecular weight is 270 g/mol. The van der Waals surface area contributed by atoms with Gasteiger partial charge in [0, 0.05) is 11.1 Å². The zero-order valence-corrected chi connectivity index (χ0v) is 9.04. The van der Waals surface area contributed by atoms with E-state index in [9.17, 15) is 14.0 Å². The van der Waals surface area contributed by atoms with E-state index in [1.807, 2.05) is 0 Å². The van der Waals surface area contributed by atoms with Crippen LogP contribution in [-0.2, 0) is 0 Å². The maximum absolute atomic E-state index is 13.2. The van der Waals surface area contributed by atoms with Gasteiger partial charge in [-0.3, -0.25) is 9.59 Å². The molecule has 0 fully saturated rings. The molecule has 0 aromatic heterocycles. The highest BCUT2D eigenvalue weighted by molar-refractivity contribution is 9.09. The van der Waals surface area contributed by atoms with Crippen LogP contribution in [0.5, 0.6) is 0 Å². The minimum Gasteiger partial charge on any atom is -0.298 e. The van der Waals surface area contributed by atoms with Crippen LogP contribution in [-0.4, -0.2) is 17.4 Å². The molecule has 0 heterocycles. The lowest BCUT2D eigenvalue weighted by Gasteiger charge is -2.02. The van der Waals surface area contributed by atoms with Gasteiger partial charge in [0.1, 0.15) is 18.2 Å². The number of carbonyl (C=O) groups is 2. The summed E-state index contributed by atoms with van der Waals surface area (Å²) in [7, 11) is 0. The van der Waals surface area contributed by atoms with E-state index in [1.165, 1.54) is 6.07 Å². The van der Waals surface area contributed by atoms with Gasteiger partial charge in [-0.25, -0.2) is 4.39 Å². The predicted octanol–water partition coefficient (Wildman–Crippen LogP) is 2.09. The zero-order chi connectivity index (χ0) is 11.4. The van der Waals surface area contributed by atoms with E-state index in [2.05, 4.69) is 15.9 Å². The number of benzene rings is 1. The molecule has 1 aromatic carbocycles. The van der Waals surface area contributed by atoms with Crippen molar-refractivity contribution in [3.05, 3.63) is 34.6 Å². The van der Waals surface area contributed by atoms with E-state index in [0.717, 1.165) is 6.07 Å². The fraction of sp³-hybridized carbons (Fsp3) is 0.100. The summed E-state index contributed by atoms with van der Waals surface area (Å²) in [5.74, 6) is -1.29. The van der Waals surface area contributed by atoms with E-state index in [1.54, 1.807) is 6.07 Å². The molecule has 0 bridgehead atoms. The van der Waals surface area contributed by atoms with Crippen molar-refractivity contribution < 1.29 is 14.0 Å². The molecule has 3 nitrogen and oxygen atoms in total. The van der Waals surface area contributed by atoms with Crippen LogP contribution in [0.1, 0.15) is 26.3 Å². The quantitative estimate of drug-likeness (QED) is 0.480. The average Bonchev–Trinajstić information content (AvgIpc) is 2.26. The Morgan fingerprint density at radius 2 is 2.27 bits per heavy atom. The summed E-state index contributed by atoms with van der Waals surface area (Å²) in [6.07, 6.45) is 0.426. The molecule has 0 atom stereocenters. The third-order valence-electron chi connectivity index (χ3n) is 1.78. The molecule has 0 amide bonds. The summed E-state index contributed by atoms with van der Waals surface area (Å²) < 4.78 is 13.2. The molecule has 0 aliphatic heterocycles. The third kappa shape index (κ3) is 2.28. The van der Waals surface area contributed by atoms with Crippen molar-refractivity contribution in [2.75, 3.05) is 5.33 Å². The van der Waals surface area contributed by atoms with Gasteiger partial charge in [-0.2, -0.15) is 5.26 Å². The molecule has 0 saturated heterocycles. The summed E-state index contributed by atoms with van der Waals surface area (Å²) in [5, 5.41) is 8.64. The van der Waals surface area contributed by atoms with E-state index in [-0.39, 0.29) is 22.0 Å². The number of hydrogen-bond donors (Lipinski definition) is 0. The SMILES string of the molecule is N#Cc1c(F)cc(C=O)cc1C(=O)CBr. The molecule has 5 heteroatoms. The Kier molecular flexibility index (Phi) is 3.69. The summed E-state index contributed by atoms with van der Waals surface area (Å²) in [6.45, 7) is 0. The molecule has 0 unspecified atom stereocenters. The molecule has 76 valence electrons. The van der Waals surface area contributed by atoms with Gasteiger partial charge in [0.2, 0.25) is 0 Å². The van der Waals surface area contributed by atoms with Crippen molar-refractivity contribution >= 4 is 28.0 Å². The number of Topliss-reactive ketones (excluding diaryl/α,β-unsaturated/α-hetero) is 1. The molecule has 0 spiro atoms. The van der Waals surface area contributed by atoms with Crippen molar-refractivity contribution in [1.82, 2.24) is 0 Å². The summed E-state index contributed by atoms with van der Waals surface area (Å²) in [5.41, 5.74) is -0.364. The van der Waals surface area contributed by atoms with Gasteiger partial charge < -0.3 is 0 Å². The number of nitriles is 1. The van der Waals surface area contributed by atoms with Gasteiger partial charge in [0.15, 0.2) is 5.78 Å². The number of hydrogen-bond acceptors (Lipinski definition) is 3. The van der Waals surface area contributed by atoms with Gasteiger partial charge in [-0.15, -0.1) is 0 Å². The Balaban J connectivity index is 3.47. The first-order valence-electron chi connectivity index (χ1n) is 3.92. The van der Waals surface area contributed by atoms with Crippen LogP contribution >= 0.6 is 15.9 Å². The van der Waals surface area contributed by atoms with Crippen LogP contribution in [0.15, 0.2) is 12.1 Å². The maximum atomic E-state index is 13.2. The standard InChI is InChI=1S/C10H5BrFNO2/c11-3-10(15)7-1-6(5-14)2-9(12)8(7)4-13/h1-2,5H,3H2. The van der Waals surface area contributed by atoms with E-state index in [0.29, 0.717) is 6.29 Å².